The molecule has 0 spiro atoms. The summed E-state index contributed by atoms with van der Waals surface area (Å²) < 4.78 is 31.6. The molecule has 0 amide bonds. The molecule has 0 aliphatic rings. The minimum atomic E-state index is -4.67. The molecule has 0 rings (SSSR count). The fourth-order valence-corrected chi connectivity index (χ4v) is 0.632. The molecule has 0 bridgehead atoms. The molecule has 1 atom stereocenters. The second-order valence-corrected chi connectivity index (χ2v) is 3.57. The molecule has 0 radical (unpaired) electrons. The molecule has 13 N–H and O–H groups in total. The predicted molar refractivity (Wildman–Crippen MR) is 62.7 cm³/mol. The Kier molecular flexibility index (Phi) is 19.6. The lowest BCUT2D eigenvalue weighted by Gasteiger charge is -2.03. The number of carbonyl (C=O) groups is 1. The molecule has 0 saturated heterocycles. The van der Waals surface area contributed by atoms with Crippen molar-refractivity contribution < 1.29 is 27.4 Å². The summed E-state index contributed by atoms with van der Waals surface area (Å²) in [4.78, 5) is 10.1. The molecule has 108 valence electrons. The third kappa shape index (κ3) is 39.4. The zero-order chi connectivity index (χ0) is 12.5. The van der Waals surface area contributed by atoms with Crippen LogP contribution in [0.3, 0.4) is 0 Å². The lowest BCUT2D eigenvalue weighted by atomic mass is 10.1. The zero-order valence-corrected chi connectivity index (χ0v) is 10.3. The molecule has 0 fully saturated rings. The summed E-state index contributed by atoms with van der Waals surface area (Å²) in [5.41, 5.74) is 10.4. The van der Waals surface area contributed by atoms with E-state index in [1.54, 1.807) is 0 Å². The predicted octanol–water partition coefficient (Wildman–Crippen LogP) is -0.801. The Morgan fingerprint density at radius 3 is 1.76 bits per heavy atom. The number of hydrogen-bond acceptors (Lipinski definition) is 7. The van der Waals surface area contributed by atoms with Crippen molar-refractivity contribution in [1.82, 2.24) is 12.3 Å². The van der Waals surface area contributed by atoms with Crippen LogP contribution in [0.15, 0.2) is 0 Å². The third-order valence-electron chi connectivity index (χ3n) is 1.29. The number of aliphatic carboxylic acids is 1. The summed E-state index contributed by atoms with van der Waals surface area (Å²) in [6.07, 6.45) is 2.16. The van der Waals surface area contributed by atoms with Crippen molar-refractivity contribution in [3.63, 3.8) is 0 Å². The second kappa shape index (κ2) is 13.2. The summed E-state index contributed by atoms with van der Waals surface area (Å²) >= 11 is 0. The van der Waals surface area contributed by atoms with E-state index in [9.17, 15) is 4.79 Å². The molecule has 11 heteroatoms. The van der Waals surface area contributed by atoms with Crippen LogP contribution in [0.5, 0.6) is 0 Å². The van der Waals surface area contributed by atoms with E-state index in [4.69, 9.17) is 34.1 Å². The van der Waals surface area contributed by atoms with Gasteiger partial charge in [-0.15, -0.1) is 0 Å². The highest BCUT2D eigenvalue weighted by Gasteiger charge is 2.09. The largest absolute Gasteiger partial charge is 0.480 e. The van der Waals surface area contributed by atoms with Crippen LogP contribution in [0.1, 0.15) is 19.3 Å². The lowest BCUT2D eigenvalue weighted by Crippen LogP contribution is -2.29. The van der Waals surface area contributed by atoms with Gasteiger partial charge in [-0.1, -0.05) is 6.42 Å². The fourth-order valence-electron chi connectivity index (χ4n) is 0.632. The van der Waals surface area contributed by atoms with E-state index >= 15 is 0 Å². The summed E-state index contributed by atoms with van der Waals surface area (Å²) in [5.74, 6) is -0.933. The van der Waals surface area contributed by atoms with Gasteiger partial charge in [0.05, 0.1) is 0 Å². The van der Waals surface area contributed by atoms with Crippen molar-refractivity contribution >= 4 is 16.4 Å². The smallest absolute Gasteiger partial charge is 0.394 e. The standard InChI is InChI=1S/C6H14N2O2.2H3N.H2O4S/c7-4-2-1-3-5(8)6(9)10;;;1-5(2,3)4/h5H,1-4,7-8H2,(H,9,10);2*1H3;(H2,1,2,3,4)/t5-;;;/m0.../s1. The van der Waals surface area contributed by atoms with Crippen molar-refractivity contribution in [2.75, 3.05) is 6.54 Å². The number of nitrogens with two attached hydrogens (primary N) is 2. The summed E-state index contributed by atoms with van der Waals surface area (Å²) in [7, 11) is -4.67. The maximum absolute atomic E-state index is 10.1. The van der Waals surface area contributed by atoms with Crippen LogP contribution in [-0.4, -0.2) is 41.2 Å². The van der Waals surface area contributed by atoms with Crippen LogP contribution < -0.4 is 23.8 Å². The Bertz CT molecular complexity index is 262. The minimum Gasteiger partial charge on any atom is -0.480 e. The van der Waals surface area contributed by atoms with Gasteiger partial charge in [0.2, 0.25) is 0 Å². The Morgan fingerprint density at radius 2 is 1.53 bits per heavy atom. The van der Waals surface area contributed by atoms with E-state index in [-0.39, 0.29) is 12.3 Å². The quantitative estimate of drug-likeness (QED) is 0.244. The van der Waals surface area contributed by atoms with Gasteiger partial charge < -0.3 is 28.9 Å². The molecule has 0 aliphatic heterocycles. The molecular formula is C6H22N4O6S. The van der Waals surface area contributed by atoms with Crippen molar-refractivity contribution in [3.05, 3.63) is 0 Å². The molecule has 0 saturated carbocycles. The van der Waals surface area contributed by atoms with Gasteiger partial charge in [0.25, 0.3) is 0 Å². The first-order chi connectivity index (χ1) is 6.68. The number of carboxylic acids is 1. The molecule has 0 aromatic carbocycles. The van der Waals surface area contributed by atoms with Gasteiger partial charge in [0.1, 0.15) is 6.04 Å². The maximum atomic E-state index is 10.1. The Morgan fingerprint density at radius 1 is 1.18 bits per heavy atom. The summed E-state index contributed by atoms with van der Waals surface area (Å²) in [6, 6.07) is -0.716. The van der Waals surface area contributed by atoms with Crippen LogP contribution in [0.2, 0.25) is 0 Å². The topological polar surface area (TPSA) is 234 Å². The molecule has 0 aliphatic carbocycles. The zero-order valence-electron chi connectivity index (χ0n) is 9.45. The Balaban J connectivity index is -0.000000105. The Hall–Kier alpha value is -0.820. The van der Waals surface area contributed by atoms with Gasteiger partial charge in [-0.05, 0) is 19.4 Å². The highest BCUT2D eigenvalue weighted by atomic mass is 32.3. The number of rotatable bonds is 5. The van der Waals surface area contributed by atoms with Crippen LogP contribution in [0, 0.1) is 0 Å². The molecular weight excluding hydrogens is 256 g/mol. The Labute approximate surface area is 100 Å². The molecule has 0 unspecified atom stereocenters. The van der Waals surface area contributed by atoms with Crippen LogP contribution >= 0.6 is 0 Å². The lowest BCUT2D eigenvalue weighted by molar-refractivity contribution is -0.138. The average molecular weight is 278 g/mol. The van der Waals surface area contributed by atoms with Gasteiger partial charge in [0, 0.05) is 0 Å². The van der Waals surface area contributed by atoms with E-state index in [1.807, 2.05) is 0 Å². The van der Waals surface area contributed by atoms with E-state index in [0.717, 1.165) is 12.8 Å². The van der Waals surface area contributed by atoms with Crippen molar-refractivity contribution in [1.29, 1.82) is 0 Å². The van der Waals surface area contributed by atoms with Crippen LogP contribution in [0.4, 0.5) is 0 Å². The second-order valence-electron chi connectivity index (χ2n) is 2.68. The molecule has 10 nitrogen and oxygen atoms in total. The van der Waals surface area contributed by atoms with Gasteiger partial charge in [-0.25, -0.2) is 0 Å². The van der Waals surface area contributed by atoms with Crippen LogP contribution in [-0.2, 0) is 15.2 Å². The monoisotopic (exact) mass is 278 g/mol. The normalized spacial score (nSPS) is 11.1. The van der Waals surface area contributed by atoms with E-state index < -0.39 is 22.4 Å². The van der Waals surface area contributed by atoms with E-state index in [2.05, 4.69) is 0 Å². The molecule has 17 heavy (non-hydrogen) atoms. The summed E-state index contributed by atoms with van der Waals surface area (Å²) in [6.45, 7) is 0.604. The molecule has 0 aromatic rings. The van der Waals surface area contributed by atoms with Gasteiger partial charge >= 0.3 is 16.4 Å². The highest BCUT2D eigenvalue weighted by Crippen LogP contribution is 1.96. The van der Waals surface area contributed by atoms with Gasteiger partial charge in [-0.3, -0.25) is 13.9 Å². The van der Waals surface area contributed by atoms with Crippen molar-refractivity contribution in [2.24, 2.45) is 11.5 Å². The first kappa shape index (κ1) is 25.1. The van der Waals surface area contributed by atoms with Gasteiger partial charge in [0.15, 0.2) is 0 Å². The fraction of sp³-hybridized carbons (Fsp3) is 0.833. The first-order valence-electron chi connectivity index (χ1n) is 4.06. The molecule has 0 aromatic heterocycles. The number of hydrogen-bond donors (Lipinski definition) is 7. The molecule has 0 heterocycles. The highest BCUT2D eigenvalue weighted by molar-refractivity contribution is 7.79. The number of carboxylic acid groups (broad SMARTS) is 1. The van der Waals surface area contributed by atoms with E-state index in [1.165, 1.54) is 0 Å². The van der Waals surface area contributed by atoms with Crippen LogP contribution in [0.25, 0.3) is 0 Å². The van der Waals surface area contributed by atoms with Crippen molar-refractivity contribution in [3.8, 4) is 0 Å². The average Bonchev–Trinajstić information content (AvgIpc) is 2.01. The SMILES string of the molecule is N.N.NCCCC[C@H](N)C(=O)O.O=S(=O)(O)O. The van der Waals surface area contributed by atoms with Gasteiger partial charge in [-0.2, -0.15) is 8.42 Å². The number of unbranched alkanes of at least 4 members (excludes halogenated alkanes) is 1. The summed E-state index contributed by atoms with van der Waals surface area (Å²) in [5, 5.41) is 8.33. The third-order valence-corrected chi connectivity index (χ3v) is 1.29. The van der Waals surface area contributed by atoms with Crippen molar-refractivity contribution in [2.45, 2.75) is 25.3 Å². The maximum Gasteiger partial charge on any atom is 0.394 e. The minimum absolute atomic E-state index is 0. The first-order valence-corrected chi connectivity index (χ1v) is 5.46. The van der Waals surface area contributed by atoms with E-state index in [0.29, 0.717) is 13.0 Å².